The zero-order valence-corrected chi connectivity index (χ0v) is 12.4. The van der Waals surface area contributed by atoms with Gasteiger partial charge in [0.25, 0.3) is 0 Å². The summed E-state index contributed by atoms with van der Waals surface area (Å²) in [5, 5.41) is 16.1. The Morgan fingerprint density at radius 3 is 2.58 bits per heavy atom. The van der Waals surface area contributed by atoms with E-state index in [1.165, 1.54) is 0 Å². The van der Waals surface area contributed by atoms with E-state index in [9.17, 15) is 9.90 Å². The van der Waals surface area contributed by atoms with Gasteiger partial charge in [-0.25, -0.2) is 0 Å². The molecule has 1 rings (SSSR count). The smallest absolute Gasteiger partial charge is 0.224 e. The van der Waals surface area contributed by atoms with Crippen molar-refractivity contribution >= 4 is 5.91 Å². The first kappa shape index (κ1) is 15.7. The summed E-state index contributed by atoms with van der Waals surface area (Å²) in [7, 11) is 0. The third-order valence-corrected chi connectivity index (χ3v) is 3.13. The summed E-state index contributed by atoms with van der Waals surface area (Å²) >= 11 is 0. The molecule has 108 valence electrons. The van der Waals surface area contributed by atoms with Gasteiger partial charge in [0.05, 0.1) is 18.2 Å². The first-order chi connectivity index (χ1) is 8.71. The van der Waals surface area contributed by atoms with Crippen LogP contribution in [0.4, 0.5) is 0 Å². The predicted molar refractivity (Wildman–Crippen MR) is 72.8 cm³/mol. The number of aliphatic hydroxyl groups excluding tert-OH is 1. The Hall–Kier alpha value is -1.36. The van der Waals surface area contributed by atoms with Crippen LogP contribution in [0.3, 0.4) is 0 Å². The Balaban J connectivity index is 2.49. The highest BCUT2D eigenvalue weighted by Gasteiger charge is 2.21. The Labute approximate surface area is 114 Å². The maximum atomic E-state index is 11.9. The largest absolute Gasteiger partial charge is 0.393 e. The van der Waals surface area contributed by atoms with Crippen molar-refractivity contribution in [1.82, 2.24) is 10.5 Å². The van der Waals surface area contributed by atoms with Gasteiger partial charge in [-0.1, -0.05) is 19.0 Å². The number of nitrogens with one attached hydrogen (secondary N) is 1. The maximum absolute atomic E-state index is 11.9. The van der Waals surface area contributed by atoms with Gasteiger partial charge in [-0.05, 0) is 32.6 Å². The highest BCUT2D eigenvalue weighted by atomic mass is 16.5. The van der Waals surface area contributed by atoms with Gasteiger partial charge in [0, 0.05) is 12.1 Å². The normalized spacial score (nSPS) is 13.4. The molecule has 19 heavy (non-hydrogen) atoms. The number of rotatable bonds is 6. The van der Waals surface area contributed by atoms with Crippen molar-refractivity contribution in [2.24, 2.45) is 5.41 Å². The van der Waals surface area contributed by atoms with Crippen LogP contribution < -0.4 is 5.32 Å². The molecule has 5 heteroatoms. The summed E-state index contributed by atoms with van der Waals surface area (Å²) in [4.78, 5) is 11.9. The van der Waals surface area contributed by atoms with Gasteiger partial charge in [-0.3, -0.25) is 4.79 Å². The molecule has 1 amide bonds. The molecular weight excluding hydrogens is 244 g/mol. The van der Waals surface area contributed by atoms with Crippen molar-refractivity contribution in [3.05, 3.63) is 17.0 Å². The molecule has 1 atom stereocenters. The molecule has 0 fully saturated rings. The number of aromatic nitrogens is 1. The van der Waals surface area contributed by atoms with Crippen molar-refractivity contribution in [2.75, 3.05) is 6.54 Å². The molecule has 0 spiro atoms. The average molecular weight is 268 g/mol. The first-order valence-electron chi connectivity index (χ1n) is 6.58. The molecule has 2 N–H and O–H groups in total. The monoisotopic (exact) mass is 268 g/mol. The van der Waals surface area contributed by atoms with Crippen LogP contribution in [-0.4, -0.2) is 28.8 Å². The van der Waals surface area contributed by atoms with Crippen LogP contribution in [0, 0.1) is 19.3 Å². The lowest BCUT2D eigenvalue weighted by molar-refractivity contribution is -0.121. The fraction of sp³-hybridized carbons (Fsp3) is 0.714. The number of hydrogen-bond donors (Lipinski definition) is 2. The van der Waals surface area contributed by atoms with Crippen molar-refractivity contribution < 1.29 is 14.4 Å². The molecule has 1 aromatic heterocycles. The lowest BCUT2D eigenvalue weighted by Crippen LogP contribution is -2.36. The van der Waals surface area contributed by atoms with Crippen LogP contribution in [0.15, 0.2) is 4.52 Å². The van der Waals surface area contributed by atoms with Crippen LogP contribution in [-0.2, 0) is 11.2 Å². The number of hydrogen-bond acceptors (Lipinski definition) is 4. The number of aryl methyl sites for hydroxylation is 2. The molecular formula is C14H24N2O3. The van der Waals surface area contributed by atoms with Gasteiger partial charge < -0.3 is 14.9 Å². The van der Waals surface area contributed by atoms with E-state index in [1.54, 1.807) is 13.8 Å². The Morgan fingerprint density at radius 2 is 2.11 bits per heavy atom. The molecule has 0 aliphatic heterocycles. The summed E-state index contributed by atoms with van der Waals surface area (Å²) < 4.78 is 5.03. The first-order valence-corrected chi connectivity index (χ1v) is 6.58. The Morgan fingerprint density at radius 1 is 1.47 bits per heavy atom. The lowest BCUT2D eigenvalue weighted by Gasteiger charge is -2.26. The van der Waals surface area contributed by atoms with Crippen molar-refractivity contribution in [2.45, 2.75) is 53.6 Å². The van der Waals surface area contributed by atoms with Gasteiger partial charge in [-0.2, -0.15) is 0 Å². The zero-order chi connectivity index (χ0) is 14.6. The van der Waals surface area contributed by atoms with Crippen LogP contribution in [0.5, 0.6) is 0 Å². The third-order valence-electron chi connectivity index (χ3n) is 3.13. The van der Waals surface area contributed by atoms with Gasteiger partial charge in [0.1, 0.15) is 5.76 Å². The van der Waals surface area contributed by atoms with Gasteiger partial charge in [0.2, 0.25) is 5.91 Å². The summed E-state index contributed by atoms with van der Waals surface area (Å²) in [5.74, 6) is 0.643. The predicted octanol–water partition coefficient (Wildman–Crippen LogP) is 1.75. The number of aliphatic hydroxyl groups is 1. The summed E-state index contributed by atoms with van der Waals surface area (Å²) in [6.07, 6.45) is 0.569. The number of nitrogens with zero attached hydrogens (tertiary/aromatic N) is 1. The molecule has 5 nitrogen and oxygen atoms in total. The van der Waals surface area contributed by atoms with E-state index in [0.29, 0.717) is 18.7 Å². The molecule has 1 unspecified atom stereocenters. The molecule has 0 aromatic carbocycles. The van der Waals surface area contributed by atoms with E-state index < -0.39 is 0 Å². The fourth-order valence-electron chi connectivity index (χ4n) is 2.19. The van der Waals surface area contributed by atoms with Gasteiger partial charge in [-0.15, -0.1) is 0 Å². The Bertz CT molecular complexity index is 416. The second kappa shape index (κ2) is 6.19. The molecule has 1 aromatic rings. The minimum Gasteiger partial charge on any atom is -0.393 e. The molecule has 0 aliphatic carbocycles. The quantitative estimate of drug-likeness (QED) is 0.824. The van der Waals surface area contributed by atoms with Crippen LogP contribution in [0.1, 0.15) is 44.2 Å². The number of amides is 1. The molecule has 1 heterocycles. The minimum absolute atomic E-state index is 0.0481. The third kappa shape index (κ3) is 5.03. The summed E-state index contributed by atoms with van der Waals surface area (Å²) in [6.45, 7) is 9.98. The van der Waals surface area contributed by atoms with Crippen LogP contribution in [0.2, 0.25) is 0 Å². The molecule has 0 radical (unpaired) electrons. The molecule has 0 aliphatic rings. The second-order valence-electron chi connectivity index (χ2n) is 5.97. The van der Waals surface area contributed by atoms with E-state index in [2.05, 4.69) is 10.5 Å². The van der Waals surface area contributed by atoms with E-state index in [4.69, 9.17) is 4.52 Å². The fourth-order valence-corrected chi connectivity index (χ4v) is 2.19. The Kier molecular flexibility index (Phi) is 5.11. The summed E-state index contributed by atoms with van der Waals surface area (Å²) in [6, 6.07) is 0. The van der Waals surface area contributed by atoms with E-state index in [-0.39, 0.29) is 23.8 Å². The van der Waals surface area contributed by atoms with Crippen molar-refractivity contribution in [3.8, 4) is 0 Å². The van der Waals surface area contributed by atoms with Gasteiger partial charge >= 0.3 is 0 Å². The maximum Gasteiger partial charge on any atom is 0.224 e. The van der Waals surface area contributed by atoms with Gasteiger partial charge in [0.15, 0.2) is 0 Å². The highest BCUT2D eigenvalue weighted by Crippen LogP contribution is 2.21. The van der Waals surface area contributed by atoms with Crippen LogP contribution in [0.25, 0.3) is 0 Å². The standard InChI is InChI=1S/C14H24N2O3/c1-9(17)7-14(4,5)8-15-13(18)6-12-10(2)16-19-11(12)3/h9,17H,6-8H2,1-5H3,(H,15,18). The number of carbonyl (C=O) groups excluding carboxylic acids is 1. The summed E-state index contributed by atoms with van der Waals surface area (Å²) in [5.41, 5.74) is 1.49. The zero-order valence-electron chi connectivity index (χ0n) is 12.4. The second-order valence-corrected chi connectivity index (χ2v) is 5.97. The van der Waals surface area contributed by atoms with E-state index in [1.807, 2.05) is 20.8 Å². The topological polar surface area (TPSA) is 75.4 Å². The van der Waals surface area contributed by atoms with E-state index >= 15 is 0 Å². The SMILES string of the molecule is Cc1noc(C)c1CC(=O)NCC(C)(C)CC(C)O. The van der Waals surface area contributed by atoms with Crippen molar-refractivity contribution in [1.29, 1.82) is 0 Å². The molecule has 0 saturated carbocycles. The van der Waals surface area contributed by atoms with Crippen LogP contribution >= 0.6 is 0 Å². The minimum atomic E-state index is -0.366. The average Bonchev–Trinajstić information content (AvgIpc) is 2.57. The number of carbonyl (C=O) groups is 1. The lowest BCUT2D eigenvalue weighted by atomic mass is 9.87. The van der Waals surface area contributed by atoms with E-state index in [0.717, 1.165) is 11.3 Å². The molecule has 0 bridgehead atoms. The molecule has 0 saturated heterocycles. The van der Waals surface area contributed by atoms with Crippen molar-refractivity contribution in [3.63, 3.8) is 0 Å². The highest BCUT2D eigenvalue weighted by molar-refractivity contribution is 5.79.